The van der Waals surface area contributed by atoms with E-state index in [9.17, 15) is 4.79 Å². The molecule has 0 aliphatic carbocycles. The number of benzene rings is 1. The molecule has 7 nitrogen and oxygen atoms in total. The minimum atomic E-state index is 0.266. The van der Waals surface area contributed by atoms with Crippen LogP contribution in [0.3, 0.4) is 0 Å². The summed E-state index contributed by atoms with van der Waals surface area (Å²) in [6, 6.07) is 10.8. The van der Waals surface area contributed by atoms with Crippen LogP contribution >= 0.6 is 0 Å². The number of aliphatic imine (C=N–C) groups is 1. The first-order valence-corrected chi connectivity index (χ1v) is 12.2. The summed E-state index contributed by atoms with van der Waals surface area (Å²) in [6.07, 6.45) is 1.53. The molecule has 1 amide bonds. The molecule has 1 aromatic rings. The van der Waals surface area contributed by atoms with E-state index in [1.54, 1.807) is 0 Å². The number of nitrogens with zero attached hydrogens (tertiary/aromatic N) is 3. The van der Waals surface area contributed by atoms with Gasteiger partial charge >= 0.3 is 0 Å². The number of likely N-dealkylation sites (tertiary alicyclic amines) is 1. The predicted octanol–water partition coefficient (Wildman–Crippen LogP) is 1.99. The Bertz CT molecular complexity index is 718. The Labute approximate surface area is 193 Å². The van der Waals surface area contributed by atoms with Crippen molar-refractivity contribution in [2.75, 3.05) is 59.0 Å². The molecule has 0 spiro atoms. The molecular weight excluding hydrogens is 402 g/mol. The van der Waals surface area contributed by atoms with Crippen LogP contribution in [0.4, 0.5) is 0 Å². The number of ether oxygens (including phenoxy) is 1. The fraction of sp³-hybridized carbons (Fsp3) is 0.680. The number of amides is 1. The van der Waals surface area contributed by atoms with Gasteiger partial charge in [0, 0.05) is 57.6 Å². The molecule has 2 saturated heterocycles. The molecule has 0 bridgehead atoms. The Hall–Kier alpha value is -2.12. The van der Waals surface area contributed by atoms with E-state index >= 15 is 0 Å². The van der Waals surface area contributed by atoms with Crippen LogP contribution in [0.25, 0.3) is 0 Å². The Morgan fingerprint density at radius 3 is 2.62 bits per heavy atom. The van der Waals surface area contributed by atoms with Gasteiger partial charge in [-0.3, -0.25) is 14.7 Å². The van der Waals surface area contributed by atoms with Gasteiger partial charge in [-0.25, -0.2) is 0 Å². The van der Waals surface area contributed by atoms with E-state index in [0.29, 0.717) is 24.3 Å². The molecule has 2 heterocycles. The predicted molar refractivity (Wildman–Crippen MR) is 130 cm³/mol. The van der Waals surface area contributed by atoms with Crippen molar-refractivity contribution in [2.24, 2.45) is 16.8 Å². The summed E-state index contributed by atoms with van der Waals surface area (Å²) in [5, 5.41) is 6.86. The van der Waals surface area contributed by atoms with Crippen LogP contribution in [0, 0.1) is 11.8 Å². The molecule has 7 heteroatoms. The summed E-state index contributed by atoms with van der Waals surface area (Å²) in [6.45, 7) is 14.2. The maximum absolute atomic E-state index is 12.5. The van der Waals surface area contributed by atoms with E-state index in [1.807, 2.05) is 11.0 Å². The van der Waals surface area contributed by atoms with Gasteiger partial charge in [0.15, 0.2) is 5.96 Å². The second-order valence-electron chi connectivity index (χ2n) is 9.21. The maximum atomic E-state index is 12.5. The van der Waals surface area contributed by atoms with E-state index in [0.717, 1.165) is 71.4 Å². The van der Waals surface area contributed by atoms with Crippen molar-refractivity contribution in [1.82, 2.24) is 20.4 Å². The molecule has 2 N–H and O–H groups in total. The highest BCUT2D eigenvalue weighted by Crippen LogP contribution is 2.18. The molecule has 1 aromatic carbocycles. The summed E-state index contributed by atoms with van der Waals surface area (Å²) in [7, 11) is 0. The van der Waals surface area contributed by atoms with Gasteiger partial charge in [-0.1, -0.05) is 44.2 Å². The average molecular weight is 444 g/mol. The summed E-state index contributed by atoms with van der Waals surface area (Å²) in [5.74, 6) is 1.97. The summed E-state index contributed by atoms with van der Waals surface area (Å²) < 4.78 is 5.52. The van der Waals surface area contributed by atoms with Crippen LogP contribution in [0.15, 0.2) is 35.3 Å². The van der Waals surface area contributed by atoms with Crippen LogP contribution < -0.4 is 10.6 Å². The quantitative estimate of drug-likeness (QED) is 0.428. The second kappa shape index (κ2) is 12.8. The molecular formula is C25H41N5O2. The van der Waals surface area contributed by atoms with Crippen LogP contribution in [-0.4, -0.2) is 86.7 Å². The third-order valence-electron chi connectivity index (χ3n) is 6.43. The normalized spacial score (nSPS) is 21.2. The third-order valence-corrected chi connectivity index (χ3v) is 6.43. The highest BCUT2D eigenvalue weighted by Gasteiger charge is 2.29. The van der Waals surface area contributed by atoms with Gasteiger partial charge in [-0.15, -0.1) is 0 Å². The highest BCUT2D eigenvalue weighted by atomic mass is 16.5. The number of nitrogens with one attached hydrogen (secondary N) is 2. The van der Waals surface area contributed by atoms with Crippen LogP contribution in [0.1, 0.15) is 32.8 Å². The number of rotatable bonds is 10. The Morgan fingerprint density at radius 1 is 1.19 bits per heavy atom. The SMILES string of the molecule is CCNC(=NCC(C(C)C)N1CCOCC1)NCC1CC(=O)N(CCc2ccccc2)C1. The molecule has 0 saturated carbocycles. The molecule has 2 atom stereocenters. The summed E-state index contributed by atoms with van der Waals surface area (Å²) >= 11 is 0. The topological polar surface area (TPSA) is 69.2 Å². The van der Waals surface area contributed by atoms with Gasteiger partial charge in [0.2, 0.25) is 5.91 Å². The number of carbonyl (C=O) groups excluding carboxylic acids is 1. The Morgan fingerprint density at radius 2 is 1.94 bits per heavy atom. The zero-order valence-electron chi connectivity index (χ0n) is 20.1. The Kier molecular flexibility index (Phi) is 9.81. The Balaban J connectivity index is 1.48. The first kappa shape index (κ1) is 24.5. The summed E-state index contributed by atoms with van der Waals surface area (Å²) in [5.41, 5.74) is 1.28. The lowest BCUT2D eigenvalue weighted by atomic mass is 10.0. The van der Waals surface area contributed by atoms with Crippen molar-refractivity contribution in [3.8, 4) is 0 Å². The monoisotopic (exact) mass is 443 g/mol. The molecule has 2 unspecified atom stereocenters. The van der Waals surface area contributed by atoms with Crippen molar-refractivity contribution in [2.45, 2.75) is 39.7 Å². The van der Waals surface area contributed by atoms with Crippen molar-refractivity contribution >= 4 is 11.9 Å². The van der Waals surface area contributed by atoms with E-state index in [-0.39, 0.29) is 5.91 Å². The van der Waals surface area contributed by atoms with Gasteiger partial charge < -0.3 is 20.3 Å². The molecule has 32 heavy (non-hydrogen) atoms. The van der Waals surface area contributed by atoms with Gasteiger partial charge in [0.1, 0.15) is 0 Å². The molecule has 2 aliphatic rings. The largest absolute Gasteiger partial charge is 0.379 e. The molecule has 3 rings (SSSR count). The number of guanidine groups is 1. The summed E-state index contributed by atoms with van der Waals surface area (Å²) in [4.78, 5) is 21.9. The van der Waals surface area contributed by atoms with Crippen LogP contribution in [0.5, 0.6) is 0 Å². The first-order chi connectivity index (χ1) is 15.6. The first-order valence-electron chi connectivity index (χ1n) is 12.2. The van der Waals surface area contributed by atoms with E-state index in [1.165, 1.54) is 5.56 Å². The third kappa shape index (κ3) is 7.48. The number of carbonyl (C=O) groups is 1. The molecule has 0 radical (unpaired) electrons. The molecule has 2 aliphatic heterocycles. The fourth-order valence-corrected chi connectivity index (χ4v) is 4.54. The smallest absolute Gasteiger partial charge is 0.223 e. The minimum Gasteiger partial charge on any atom is -0.379 e. The van der Waals surface area contributed by atoms with Crippen LogP contribution in [0.2, 0.25) is 0 Å². The average Bonchev–Trinajstić information content (AvgIpc) is 3.16. The lowest BCUT2D eigenvalue weighted by molar-refractivity contribution is -0.127. The molecule has 0 aromatic heterocycles. The second-order valence-corrected chi connectivity index (χ2v) is 9.21. The lowest BCUT2D eigenvalue weighted by Crippen LogP contribution is -2.48. The number of morpholine rings is 1. The number of hydrogen-bond acceptors (Lipinski definition) is 4. The van der Waals surface area contributed by atoms with Gasteiger partial charge in [-0.2, -0.15) is 0 Å². The minimum absolute atomic E-state index is 0.266. The highest BCUT2D eigenvalue weighted by molar-refractivity contribution is 5.81. The van der Waals surface area contributed by atoms with Crippen molar-refractivity contribution in [3.05, 3.63) is 35.9 Å². The van der Waals surface area contributed by atoms with E-state index in [2.05, 4.69) is 60.6 Å². The van der Waals surface area contributed by atoms with Crippen molar-refractivity contribution < 1.29 is 9.53 Å². The fourth-order valence-electron chi connectivity index (χ4n) is 4.54. The number of hydrogen-bond donors (Lipinski definition) is 2. The standard InChI is InChI=1S/C25H41N5O2/c1-4-26-25(28-18-23(20(2)3)29-12-14-32-15-13-29)27-17-22-16-24(31)30(19-22)11-10-21-8-6-5-7-9-21/h5-9,20,22-23H,4,10-19H2,1-3H3,(H2,26,27,28). The van der Waals surface area contributed by atoms with E-state index < -0.39 is 0 Å². The van der Waals surface area contributed by atoms with Gasteiger partial charge in [0.05, 0.1) is 19.8 Å². The molecule has 2 fully saturated rings. The zero-order valence-corrected chi connectivity index (χ0v) is 20.1. The molecule has 178 valence electrons. The van der Waals surface area contributed by atoms with Crippen LogP contribution in [-0.2, 0) is 16.0 Å². The maximum Gasteiger partial charge on any atom is 0.223 e. The van der Waals surface area contributed by atoms with Crippen molar-refractivity contribution in [3.63, 3.8) is 0 Å². The van der Waals surface area contributed by atoms with Gasteiger partial charge in [-0.05, 0) is 24.8 Å². The van der Waals surface area contributed by atoms with Crippen molar-refractivity contribution in [1.29, 1.82) is 0 Å². The zero-order chi connectivity index (χ0) is 22.8. The van der Waals surface area contributed by atoms with E-state index in [4.69, 9.17) is 9.73 Å². The lowest BCUT2D eigenvalue weighted by Gasteiger charge is -2.36. The van der Waals surface area contributed by atoms with Gasteiger partial charge in [0.25, 0.3) is 0 Å².